The van der Waals surface area contributed by atoms with Crippen LogP contribution in [0.1, 0.15) is 44.5 Å². The van der Waals surface area contributed by atoms with Gasteiger partial charge in [-0.2, -0.15) is 0 Å². The Bertz CT molecular complexity index is 3710. The van der Waals surface area contributed by atoms with Crippen molar-refractivity contribution in [2.75, 3.05) is 26.4 Å². The molecule has 0 aliphatic rings. The molecule has 0 saturated heterocycles. The quantitative estimate of drug-likeness (QED) is 0.0535. The molecule has 0 unspecified atom stereocenters. The highest BCUT2D eigenvalue weighted by molar-refractivity contribution is 6.10. The molecule has 12 rings (SSSR count). The van der Waals surface area contributed by atoms with Gasteiger partial charge in [-0.1, -0.05) is 194 Å². The number of rotatable bonds is 16. The molecule has 0 amide bonds. The molecule has 81 heavy (non-hydrogen) atoms. The molecule has 0 saturated carbocycles. The second-order valence-corrected chi connectivity index (χ2v) is 21.6. The van der Waals surface area contributed by atoms with Gasteiger partial charge in [0, 0.05) is 0 Å². The Kier molecular flexibility index (Phi) is 14.2. The van der Waals surface area contributed by atoms with Crippen molar-refractivity contribution in [3.05, 3.63) is 239 Å². The highest BCUT2D eigenvalue weighted by Gasteiger charge is 2.39. The van der Waals surface area contributed by atoms with Crippen LogP contribution in [-0.4, -0.2) is 50.3 Å². The smallest absolute Gasteiger partial charge is 0.310 e. The van der Waals surface area contributed by atoms with Crippen LogP contribution in [0, 0.1) is 33.1 Å². The van der Waals surface area contributed by atoms with Crippen LogP contribution in [0.15, 0.2) is 194 Å². The molecule has 0 aromatic heterocycles. The maximum absolute atomic E-state index is 14.7. The molecule has 0 aliphatic carbocycles. The van der Waals surface area contributed by atoms with Crippen molar-refractivity contribution < 1.29 is 38.1 Å². The van der Waals surface area contributed by atoms with Gasteiger partial charge in [-0.3, -0.25) is 19.2 Å². The average molecular weight is 1070 g/mol. The fraction of sp³-hybridized carbons (Fsp3) is 0.178. The summed E-state index contributed by atoms with van der Waals surface area (Å²) in [5.74, 6) is -2.24. The number of esters is 4. The summed E-state index contributed by atoms with van der Waals surface area (Å²) < 4.78 is 25.5. The molecule has 0 heterocycles. The lowest BCUT2D eigenvalue weighted by Crippen LogP contribution is -2.44. The Morgan fingerprint density at radius 3 is 0.531 bits per heavy atom. The number of hydrogen-bond acceptors (Lipinski definition) is 8. The number of carbonyl (C=O) groups excluding carboxylic acids is 4. The average Bonchev–Trinajstić information content (AvgIpc) is 3.53. The second-order valence-electron chi connectivity index (χ2n) is 21.6. The van der Waals surface area contributed by atoms with Gasteiger partial charge in [0.2, 0.25) is 0 Å². The third-order valence-corrected chi connectivity index (χ3v) is 16.7. The van der Waals surface area contributed by atoms with Crippen molar-refractivity contribution >= 4 is 110 Å². The molecule has 12 aromatic carbocycles. The van der Waals surface area contributed by atoms with Gasteiger partial charge < -0.3 is 18.9 Å². The molecular formula is C73H60O8. The molecule has 8 nitrogen and oxygen atoms in total. The lowest BCUT2D eigenvalue weighted by molar-refractivity contribution is -0.169. The van der Waals surface area contributed by atoms with Crippen LogP contribution < -0.4 is 0 Å². The third-order valence-electron chi connectivity index (χ3n) is 16.7. The summed E-state index contributed by atoms with van der Waals surface area (Å²) in [6, 6.07) is 64.1. The first-order valence-electron chi connectivity index (χ1n) is 27.6. The maximum atomic E-state index is 14.7. The summed E-state index contributed by atoms with van der Waals surface area (Å²) in [6.07, 6.45) is -0.367. The van der Waals surface area contributed by atoms with Crippen LogP contribution in [0.5, 0.6) is 0 Å². The molecule has 0 spiro atoms. The fourth-order valence-electron chi connectivity index (χ4n) is 12.5. The molecule has 0 atom stereocenters. The molecule has 0 aliphatic heterocycles. The number of ether oxygens (including phenoxy) is 4. The van der Waals surface area contributed by atoms with E-state index < -0.39 is 55.7 Å². The molecular weight excluding hydrogens is 1000 g/mol. The molecule has 12 aromatic rings. The summed E-state index contributed by atoms with van der Waals surface area (Å²) in [5, 5.41) is 15.6. The van der Waals surface area contributed by atoms with E-state index in [2.05, 4.69) is 76.2 Å². The predicted octanol–water partition coefficient (Wildman–Crippen LogP) is 15.6. The van der Waals surface area contributed by atoms with Crippen molar-refractivity contribution in [1.29, 1.82) is 0 Å². The molecule has 8 heteroatoms. The Morgan fingerprint density at radius 2 is 0.383 bits per heavy atom. The Morgan fingerprint density at radius 1 is 0.247 bits per heavy atom. The number of carbonyl (C=O) groups is 4. The van der Waals surface area contributed by atoms with E-state index in [-0.39, 0.29) is 25.7 Å². The summed E-state index contributed by atoms with van der Waals surface area (Å²) in [5.41, 5.74) is 6.05. The van der Waals surface area contributed by atoms with Gasteiger partial charge in [-0.15, -0.1) is 0 Å². The zero-order chi connectivity index (χ0) is 55.8. The number of benzene rings is 12. The predicted molar refractivity (Wildman–Crippen MR) is 326 cm³/mol. The summed E-state index contributed by atoms with van der Waals surface area (Å²) in [6.45, 7) is 6.64. The van der Waals surface area contributed by atoms with E-state index >= 15 is 0 Å². The Labute approximate surface area is 469 Å². The first kappa shape index (κ1) is 52.3. The summed E-state index contributed by atoms with van der Waals surface area (Å²) >= 11 is 0. The van der Waals surface area contributed by atoms with Crippen molar-refractivity contribution in [3.63, 3.8) is 0 Å². The van der Waals surface area contributed by atoms with Crippen molar-refractivity contribution in [3.8, 4) is 0 Å². The van der Waals surface area contributed by atoms with E-state index in [1.54, 1.807) is 0 Å². The zero-order valence-corrected chi connectivity index (χ0v) is 45.9. The normalized spacial score (nSPS) is 11.8. The zero-order valence-electron chi connectivity index (χ0n) is 45.9. The monoisotopic (exact) mass is 1060 g/mol. The first-order valence-corrected chi connectivity index (χ1v) is 27.6. The topological polar surface area (TPSA) is 105 Å². The van der Waals surface area contributed by atoms with Gasteiger partial charge in [0.1, 0.15) is 31.8 Å². The van der Waals surface area contributed by atoms with Crippen LogP contribution >= 0.6 is 0 Å². The van der Waals surface area contributed by atoms with E-state index in [1.807, 2.05) is 146 Å². The highest BCUT2D eigenvalue weighted by atomic mass is 16.6. The van der Waals surface area contributed by atoms with Crippen LogP contribution in [0.4, 0.5) is 0 Å². The summed E-state index contributed by atoms with van der Waals surface area (Å²) in [7, 11) is 0. The van der Waals surface area contributed by atoms with Crippen molar-refractivity contribution in [1.82, 2.24) is 0 Å². The molecule has 400 valence electrons. The van der Waals surface area contributed by atoms with Crippen LogP contribution in [0.3, 0.4) is 0 Å². The Balaban J connectivity index is 0.914. The van der Waals surface area contributed by atoms with Gasteiger partial charge in [0.05, 0.1) is 25.7 Å². The van der Waals surface area contributed by atoms with E-state index in [1.165, 1.54) is 0 Å². The Hall–Kier alpha value is -9.40. The lowest BCUT2D eigenvalue weighted by Gasteiger charge is -2.32. The van der Waals surface area contributed by atoms with E-state index in [9.17, 15) is 19.2 Å². The molecule has 0 radical (unpaired) electrons. The van der Waals surface area contributed by atoms with Gasteiger partial charge in [0.25, 0.3) is 0 Å². The minimum Gasteiger partial charge on any atom is -0.464 e. The van der Waals surface area contributed by atoms with E-state index in [0.717, 1.165) is 131 Å². The SMILES string of the molecule is Cc1c2ccccc2c(CC(=O)OCC(COC(=O)Cc2c3ccccc3c(C)c3ccccc23)(COC(=O)Cc2c3ccccc3c(C)c3ccccc23)COC(=O)Cc2c3ccccc3c(C)c3ccccc23)c2ccccc12. The second kappa shape index (κ2) is 22.0. The number of aryl methyl sites for hydroxylation is 4. The fourth-order valence-corrected chi connectivity index (χ4v) is 12.5. The van der Waals surface area contributed by atoms with Gasteiger partial charge in [0.15, 0.2) is 0 Å². The largest absolute Gasteiger partial charge is 0.464 e. The minimum absolute atomic E-state index is 0.0918. The molecule has 0 bridgehead atoms. The van der Waals surface area contributed by atoms with Crippen molar-refractivity contribution in [2.45, 2.75) is 53.4 Å². The number of hydrogen-bond donors (Lipinski definition) is 0. The summed E-state index contributed by atoms with van der Waals surface area (Å²) in [4.78, 5) is 58.6. The van der Waals surface area contributed by atoms with Crippen LogP contribution in [0.25, 0.3) is 86.2 Å². The first-order chi connectivity index (χ1) is 39.5. The van der Waals surface area contributed by atoms with Crippen molar-refractivity contribution in [2.24, 2.45) is 5.41 Å². The van der Waals surface area contributed by atoms with E-state index in [0.29, 0.717) is 0 Å². The van der Waals surface area contributed by atoms with E-state index in [4.69, 9.17) is 18.9 Å². The van der Waals surface area contributed by atoms with Crippen LogP contribution in [-0.2, 0) is 63.8 Å². The third kappa shape index (κ3) is 9.96. The van der Waals surface area contributed by atoms with Crippen LogP contribution in [0.2, 0.25) is 0 Å². The standard InChI is InChI=1S/C73H60O8/c1-45-49-21-5-13-29-57(49)65(58-30-14-6-22-50(45)58)37-69(74)78-41-73(42-79-70(75)38-66-59-31-15-7-23-51(59)46(2)52-24-8-16-32-60(52)66,43-80-71(76)39-67-61-33-17-9-25-53(61)47(3)54-26-10-18-34-62(54)67)44-81-72(77)40-68-63-35-19-11-27-55(63)48(4)56-28-12-20-36-64(56)68/h5-36H,37-44H2,1-4H3. The maximum Gasteiger partial charge on any atom is 0.310 e. The highest BCUT2D eigenvalue weighted by Crippen LogP contribution is 2.38. The molecule has 0 fully saturated rings. The van der Waals surface area contributed by atoms with Gasteiger partial charge in [-0.25, -0.2) is 0 Å². The lowest BCUT2D eigenvalue weighted by atomic mass is 9.90. The van der Waals surface area contributed by atoms with Gasteiger partial charge in [-0.05, 0) is 158 Å². The number of fused-ring (bicyclic) bond motifs is 8. The van der Waals surface area contributed by atoms with Gasteiger partial charge >= 0.3 is 23.9 Å². The minimum atomic E-state index is -1.58. The molecule has 0 N–H and O–H groups in total.